The minimum Gasteiger partial charge on any atom is -0.274 e. The third-order valence-corrected chi connectivity index (χ3v) is 3.68. The van der Waals surface area contributed by atoms with Crippen LogP contribution in [0, 0.1) is 5.92 Å². The first kappa shape index (κ1) is 10.4. The van der Waals surface area contributed by atoms with Crippen LogP contribution in [0.3, 0.4) is 0 Å². The summed E-state index contributed by atoms with van der Waals surface area (Å²) in [5, 5.41) is 0. The van der Waals surface area contributed by atoms with E-state index in [0.29, 0.717) is 11.9 Å². The highest BCUT2D eigenvalue weighted by Gasteiger charge is 2.25. The molecule has 2 aromatic heterocycles. The van der Waals surface area contributed by atoms with Crippen LogP contribution in [0.5, 0.6) is 0 Å². The van der Waals surface area contributed by atoms with Crippen molar-refractivity contribution >= 4 is 0 Å². The van der Waals surface area contributed by atoms with Gasteiger partial charge in [0.15, 0.2) is 0 Å². The highest BCUT2D eigenvalue weighted by atomic mass is 15.2. The van der Waals surface area contributed by atoms with E-state index in [1.807, 2.05) is 23.2 Å². The summed E-state index contributed by atoms with van der Waals surface area (Å²) in [5.41, 5.74) is 1.28. The van der Waals surface area contributed by atoms with Crippen LogP contribution < -0.4 is 0 Å². The normalized spacial score (nSPS) is 24.1. The van der Waals surface area contributed by atoms with Crippen molar-refractivity contribution < 1.29 is 0 Å². The van der Waals surface area contributed by atoms with Gasteiger partial charge in [-0.1, -0.05) is 19.8 Å². The minimum atomic E-state index is 0.645. The lowest BCUT2D eigenvalue weighted by molar-refractivity contribution is 0.530. The van der Waals surface area contributed by atoms with Gasteiger partial charge in [0.05, 0.1) is 0 Å². The van der Waals surface area contributed by atoms with Gasteiger partial charge in [-0.15, -0.1) is 0 Å². The number of hydrogen-bond acceptors (Lipinski definition) is 3. The average molecular weight is 228 g/mol. The lowest BCUT2D eigenvalue weighted by Gasteiger charge is -2.14. The molecule has 17 heavy (non-hydrogen) atoms. The SMILES string of the molecule is CC1CCCC1c1cnc(-n2ccnc2)nc1. The van der Waals surface area contributed by atoms with Gasteiger partial charge in [0.25, 0.3) is 0 Å². The zero-order chi connectivity index (χ0) is 11.7. The van der Waals surface area contributed by atoms with E-state index >= 15 is 0 Å². The van der Waals surface area contributed by atoms with Crippen molar-refractivity contribution in [2.45, 2.75) is 32.1 Å². The van der Waals surface area contributed by atoms with Crippen LogP contribution in [-0.2, 0) is 0 Å². The van der Waals surface area contributed by atoms with E-state index in [-0.39, 0.29) is 0 Å². The molecule has 2 unspecified atom stereocenters. The maximum atomic E-state index is 4.41. The fourth-order valence-electron chi connectivity index (χ4n) is 2.67. The molecule has 2 heterocycles. The number of hydrogen-bond donors (Lipinski definition) is 0. The zero-order valence-corrected chi connectivity index (χ0v) is 9.95. The average Bonchev–Trinajstić information content (AvgIpc) is 3.00. The van der Waals surface area contributed by atoms with Gasteiger partial charge in [0, 0.05) is 24.8 Å². The summed E-state index contributed by atoms with van der Waals surface area (Å²) in [6, 6.07) is 0. The fraction of sp³-hybridized carbons (Fsp3) is 0.462. The lowest BCUT2D eigenvalue weighted by Crippen LogP contribution is -2.05. The third kappa shape index (κ3) is 1.95. The van der Waals surface area contributed by atoms with E-state index in [1.165, 1.54) is 24.8 Å². The highest BCUT2D eigenvalue weighted by Crippen LogP contribution is 2.38. The van der Waals surface area contributed by atoms with Gasteiger partial charge in [-0.3, -0.25) is 4.57 Å². The molecular weight excluding hydrogens is 212 g/mol. The number of rotatable bonds is 2. The predicted molar refractivity (Wildman–Crippen MR) is 64.9 cm³/mol. The lowest BCUT2D eigenvalue weighted by atomic mass is 9.92. The quantitative estimate of drug-likeness (QED) is 0.793. The van der Waals surface area contributed by atoms with Gasteiger partial charge in [0.1, 0.15) is 6.33 Å². The molecule has 1 aliphatic rings. The molecule has 88 valence electrons. The van der Waals surface area contributed by atoms with Gasteiger partial charge in [-0.05, 0) is 23.8 Å². The summed E-state index contributed by atoms with van der Waals surface area (Å²) in [6.45, 7) is 2.32. The van der Waals surface area contributed by atoms with Crippen molar-refractivity contribution in [3.8, 4) is 5.95 Å². The highest BCUT2D eigenvalue weighted by molar-refractivity contribution is 5.19. The van der Waals surface area contributed by atoms with Crippen molar-refractivity contribution in [2.24, 2.45) is 5.92 Å². The summed E-state index contributed by atoms with van der Waals surface area (Å²) < 4.78 is 1.82. The largest absolute Gasteiger partial charge is 0.274 e. The Morgan fingerprint density at radius 1 is 1.24 bits per heavy atom. The summed E-state index contributed by atoms with van der Waals surface area (Å²) >= 11 is 0. The van der Waals surface area contributed by atoms with E-state index in [0.717, 1.165) is 5.92 Å². The molecule has 0 spiro atoms. The first-order chi connectivity index (χ1) is 8.34. The molecule has 0 radical (unpaired) electrons. The van der Waals surface area contributed by atoms with Crippen molar-refractivity contribution in [1.29, 1.82) is 0 Å². The van der Waals surface area contributed by atoms with Gasteiger partial charge in [-0.25, -0.2) is 15.0 Å². The van der Waals surface area contributed by atoms with Gasteiger partial charge < -0.3 is 0 Å². The molecule has 4 nitrogen and oxygen atoms in total. The van der Waals surface area contributed by atoms with E-state index in [1.54, 1.807) is 12.5 Å². The number of imidazole rings is 1. The molecule has 0 aliphatic heterocycles. The first-order valence-electron chi connectivity index (χ1n) is 6.15. The van der Waals surface area contributed by atoms with Crippen LogP contribution in [0.4, 0.5) is 0 Å². The van der Waals surface area contributed by atoms with Crippen molar-refractivity contribution in [3.63, 3.8) is 0 Å². The Morgan fingerprint density at radius 2 is 2.06 bits per heavy atom. The Morgan fingerprint density at radius 3 is 2.65 bits per heavy atom. The molecule has 0 saturated heterocycles. The molecule has 1 aliphatic carbocycles. The molecule has 0 N–H and O–H groups in total. The Bertz CT molecular complexity index is 475. The van der Waals surface area contributed by atoms with Crippen LogP contribution >= 0.6 is 0 Å². The molecular formula is C13H16N4. The van der Waals surface area contributed by atoms with Crippen LogP contribution in [-0.4, -0.2) is 19.5 Å². The molecule has 0 bridgehead atoms. The maximum Gasteiger partial charge on any atom is 0.234 e. The summed E-state index contributed by atoms with van der Waals surface area (Å²) in [5.74, 6) is 2.10. The zero-order valence-electron chi connectivity index (χ0n) is 9.95. The van der Waals surface area contributed by atoms with E-state index in [4.69, 9.17) is 0 Å². The molecule has 3 rings (SSSR count). The number of nitrogens with zero attached hydrogens (tertiary/aromatic N) is 4. The predicted octanol–water partition coefficient (Wildman–Crippen LogP) is 2.57. The Hall–Kier alpha value is -1.71. The van der Waals surface area contributed by atoms with Gasteiger partial charge in [0.2, 0.25) is 5.95 Å². The van der Waals surface area contributed by atoms with Gasteiger partial charge in [-0.2, -0.15) is 0 Å². The standard InChI is InChI=1S/C13H16N4/c1-10-3-2-4-12(10)11-7-15-13(16-8-11)17-6-5-14-9-17/h5-10,12H,2-4H2,1H3. The van der Waals surface area contributed by atoms with Crippen LogP contribution in [0.1, 0.15) is 37.7 Å². The topological polar surface area (TPSA) is 43.6 Å². The molecule has 2 atom stereocenters. The molecule has 4 heteroatoms. The molecule has 0 amide bonds. The van der Waals surface area contributed by atoms with Crippen molar-refractivity contribution in [1.82, 2.24) is 19.5 Å². The second kappa shape index (κ2) is 4.28. The number of aromatic nitrogens is 4. The monoisotopic (exact) mass is 228 g/mol. The van der Waals surface area contributed by atoms with E-state index in [9.17, 15) is 0 Å². The smallest absolute Gasteiger partial charge is 0.234 e. The Labute approximate surface area is 101 Å². The molecule has 0 aromatic carbocycles. The molecule has 1 saturated carbocycles. The third-order valence-electron chi connectivity index (χ3n) is 3.68. The summed E-state index contributed by atoms with van der Waals surface area (Å²) in [4.78, 5) is 12.8. The van der Waals surface area contributed by atoms with Gasteiger partial charge >= 0.3 is 0 Å². The van der Waals surface area contributed by atoms with Crippen molar-refractivity contribution in [2.75, 3.05) is 0 Å². The minimum absolute atomic E-state index is 0.645. The van der Waals surface area contributed by atoms with Crippen molar-refractivity contribution in [3.05, 3.63) is 36.7 Å². The summed E-state index contributed by atoms with van der Waals surface area (Å²) in [6.07, 6.45) is 13.2. The second-order valence-corrected chi connectivity index (χ2v) is 4.80. The molecule has 2 aromatic rings. The second-order valence-electron chi connectivity index (χ2n) is 4.80. The first-order valence-corrected chi connectivity index (χ1v) is 6.15. The maximum absolute atomic E-state index is 4.41. The van der Waals surface area contributed by atoms with Crippen LogP contribution in [0.15, 0.2) is 31.1 Å². The van der Waals surface area contributed by atoms with Crippen LogP contribution in [0.2, 0.25) is 0 Å². The Balaban J connectivity index is 1.85. The van der Waals surface area contributed by atoms with E-state index < -0.39 is 0 Å². The fourth-order valence-corrected chi connectivity index (χ4v) is 2.67. The summed E-state index contributed by atoms with van der Waals surface area (Å²) in [7, 11) is 0. The van der Waals surface area contributed by atoms with Crippen LogP contribution in [0.25, 0.3) is 5.95 Å². The Kier molecular flexibility index (Phi) is 2.63. The van der Waals surface area contributed by atoms with E-state index in [2.05, 4.69) is 21.9 Å². The molecule has 1 fully saturated rings.